The molecular weight excluding hydrogens is 597 g/mol. The van der Waals surface area contributed by atoms with Crippen molar-refractivity contribution in [3.05, 3.63) is 182 Å². The van der Waals surface area contributed by atoms with Gasteiger partial charge in [-0.25, -0.2) is 4.98 Å². The number of benzene rings is 7. The highest BCUT2D eigenvalue weighted by Gasteiger charge is 2.19. The highest BCUT2D eigenvalue weighted by Crippen LogP contribution is 2.38. The van der Waals surface area contributed by atoms with Crippen LogP contribution >= 0.6 is 0 Å². The first-order valence-corrected chi connectivity index (χ1v) is 16.5. The van der Waals surface area contributed by atoms with Crippen molar-refractivity contribution in [2.24, 2.45) is 0 Å². The maximum Gasteiger partial charge on any atom is 0.231 e. The first-order valence-electron chi connectivity index (χ1n) is 16.5. The zero-order valence-electron chi connectivity index (χ0n) is 26.6. The van der Waals surface area contributed by atoms with Gasteiger partial charge in [0.25, 0.3) is 0 Å². The summed E-state index contributed by atoms with van der Waals surface area (Å²) in [5, 5.41) is 1.93. The van der Waals surface area contributed by atoms with Crippen LogP contribution in [0.5, 0.6) is 0 Å². The van der Waals surface area contributed by atoms with E-state index in [0.29, 0.717) is 11.5 Å². The zero-order valence-corrected chi connectivity index (χ0v) is 26.6. The van der Waals surface area contributed by atoms with Crippen molar-refractivity contribution in [2.45, 2.75) is 0 Å². The van der Waals surface area contributed by atoms with E-state index in [-0.39, 0.29) is 0 Å². The molecule has 49 heavy (non-hydrogen) atoms. The van der Waals surface area contributed by atoms with Crippen LogP contribution in [-0.4, -0.2) is 9.97 Å². The van der Waals surface area contributed by atoms with Gasteiger partial charge < -0.3 is 4.42 Å². The number of furan rings is 1. The number of hydrogen-bond acceptors (Lipinski definition) is 3. The van der Waals surface area contributed by atoms with E-state index in [9.17, 15) is 0 Å². The molecule has 2 heterocycles. The molecule has 0 atom stereocenters. The molecule has 0 unspecified atom stereocenters. The van der Waals surface area contributed by atoms with Gasteiger partial charge in [-0.2, -0.15) is 4.98 Å². The van der Waals surface area contributed by atoms with E-state index in [1.807, 2.05) is 30.3 Å². The Morgan fingerprint density at radius 3 is 1.41 bits per heavy atom. The molecule has 0 amide bonds. The molecule has 9 rings (SSSR count). The lowest BCUT2D eigenvalue weighted by molar-refractivity contribution is 0.653. The quantitative estimate of drug-likeness (QED) is 0.184. The topological polar surface area (TPSA) is 38.9 Å². The summed E-state index contributed by atoms with van der Waals surface area (Å²) in [4.78, 5) is 10.3. The van der Waals surface area contributed by atoms with E-state index >= 15 is 0 Å². The average molecular weight is 627 g/mol. The maximum absolute atomic E-state index is 6.36. The van der Waals surface area contributed by atoms with Crippen molar-refractivity contribution in [3.8, 4) is 67.2 Å². The number of fused-ring (bicyclic) bond motifs is 3. The third-order valence-corrected chi connectivity index (χ3v) is 9.12. The highest BCUT2D eigenvalue weighted by atomic mass is 16.3. The van der Waals surface area contributed by atoms with Crippen LogP contribution < -0.4 is 0 Å². The maximum atomic E-state index is 6.36. The summed E-state index contributed by atoms with van der Waals surface area (Å²) in [6.45, 7) is 0. The van der Waals surface area contributed by atoms with Crippen LogP contribution in [0.2, 0.25) is 0 Å². The Balaban J connectivity index is 1.12. The molecule has 0 saturated heterocycles. The molecule has 0 spiro atoms. The van der Waals surface area contributed by atoms with Gasteiger partial charge in [0.05, 0.1) is 11.1 Å². The van der Waals surface area contributed by atoms with E-state index in [1.54, 1.807) is 0 Å². The molecular formula is C46H30N2O. The lowest BCUT2D eigenvalue weighted by Crippen LogP contribution is -1.94. The fourth-order valence-corrected chi connectivity index (χ4v) is 6.64. The van der Waals surface area contributed by atoms with Gasteiger partial charge in [0.2, 0.25) is 5.71 Å². The third-order valence-electron chi connectivity index (χ3n) is 9.12. The molecule has 0 aliphatic carbocycles. The highest BCUT2D eigenvalue weighted by molar-refractivity contribution is 6.10. The summed E-state index contributed by atoms with van der Waals surface area (Å²) >= 11 is 0. The van der Waals surface area contributed by atoms with Crippen LogP contribution in [0.25, 0.3) is 89.2 Å². The van der Waals surface area contributed by atoms with Gasteiger partial charge >= 0.3 is 0 Å². The van der Waals surface area contributed by atoms with Crippen molar-refractivity contribution in [2.75, 3.05) is 0 Å². The summed E-state index contributed by atoms with van der Waals surface area (Å²) in [7, 11) is 0. The molecule has 3 heteroatoms. The van der Waals surface area contributed by atoms with Gasteiger partial charge in [-0.3, -0.25) is 0 Å². The molecule has 7 aromatic carbocycles. The minimum atomic E-state index is 0.581. The molecule has 230 valence electrons. The lowest BCUT2D eigenvalue weighted by Gasteiger charge is -2.11. The zero-order chi connectivity index (χ0) is 32.6. The fourth-order valence-electron chi connectivity index (χ4n) is 6.64. The Hall–Kier alpha value is -6.58. The second-order valence-corrected chi connectivity index (χ2v) is 12.2. The number of para-hydroxylation sites is 1. The van der Waals surface area contributed by atoms with Gasteiger partial charge in [0.1, 0.15) is 5.58 Å². The minimum Gasteiger partial charge on any atom is -0.438 e. The van der Waals surface area contributed by atoms with Crippen LogP contribution in [0.3, 0.4) is 0 Å². The predicted molar refractivity (Wildman–Crippen MR) is 202 cm³/mol. The smallest absolute Gasteiger partial charge is 0.231 e. The van der Waals surface area contributed by atoms with Gasteiger partial charge in [0, 0.05) is 16.5 Å². The van der Waals surface area contributed by atoms with Crippen molar-refractivity contribution in [1.82, 2.24) is 9.97 Å². The minimum absolute atomic E-state index is 0.581. The predicted octanol–water partition coefficient (Wildman–Crippen LogP) is 12.4. The molecule has 0 aliphatic heterocycles. The Morgan fingerprint density at radius 1 is 0.327 bits per heavy atom. The van der Waals surface area contributed by atoms with Crippen molar-refractivity contribution in [1.29, 1.82) is 0 Å². The van der Waals surface area contributed by atoms with E-state index < -0.39 is 0 Å². The van der Waals surface area contributed by atoms with Crippen LogP contribution in [0.4, 0.5) is 0 Å². The van der Waals surface area contributed by atoms with E-state index in [0.717, 1.165) is 55.4 Å². The van der Waals surface area contributed by atoms with Crippen LogP contribution in [0, 0.1) is 0 Å². The normalized spacial score (nSPS) is 11.3. The molecule has 3 nitrogen and oxygen atoms in total. The number of hydrogen-bond donors (Lipinski definition) is 0. The van der Waals surface area contributed by atoms with Gasteiger partial charge in [0.15, 0.2) is 5.82 Å². The summed E-state index contributed by atoms with van der Waals surface area (Å²) in [6.07, 6.45) is 0. The molecule has 2 aromatic heterocycles. The molecule has 0 bridgehead atoms. The summed E-state index contributed by atoms with van der Waals surface area (Å²) < 4.78 is 6.36. The largest absolute Gasteiger partial charge is 0.438 e. The van der Waals surface area contributed by atoms with Crippen molar-refractivity contribution in [3.63, 3.8) is 0 Å². The van der Waals surface area contributed by atoms with Crippen molar-refractivity contribution < 1.29 is 4.42 Å². The Labute approximate surface area is 284 Å². The molecule has 0 fully saturated rings. The lowest BCUT2D eigenvalue weighted by atomic mass is 9.96. The Kier molecular flexibility index (Phi) is 7.14. The van der Waals surface area contributed by atoms with Gasteiger partial charge in [-0.1, -0.05) is 158 Å². The van der Waals surface area contributed by atoms with Crippen LogP contribution in [0.1, 0.15) is 0 Å². The number of aromatic nitrogens is 2. The Bertz CT molecular complexity index is 2590. The second kappa shape index (κ2) is 12.2. The molecule has 9 aromatic rings. The molecule has 0 N–H and O–H groups in total. The fraction of sp³-hybridized carbons (Fsp3) is 0. The molecule has 0 radical (unpaired) electrons. The molecule has 0 saturated carbocycles. The Morgan fingerprint density at radius 2 is 0.755 bits per heavy atom. The van der Waals surface area contributed by atoms with Gasteiger partial charge in [-0.15, -0.1) is 0 Å². The summed E-state index contributed by atoms with van der Waals surface area (Å²) in [6, 6.07) is 63.5. The summed E-state index contributed by atoms with van der Waals surface area (Å²) in [5.74, 6) is 0.626. The van der Waals surface area contributed by atoms with Gasteiger partial charge in [-0.05, 0) is 68.8 Å². The van der Waals surface area contributed by atoms with E-state index in [1.165, 1.54) is 22.3 Å². The summed E-state index contributed by atoms with van der Waals surface area (Å²) in [5.41, 5.74) is 13.5. The average Bonchev–Trinajstić information content (AvgIpc) is 3.57. The van der Waals surface area contributed by atoms with Crippen LogP contribution in [-0.2, 0) is 0 Å². The third kappa shape index (κ3) is 5.48. The van der Waals surface area contributed by atoms with Crippen LogP contribution in [0.15, 0.2) is 186 Å². The van der Waals surface area contributed by atoms with E-state index in [2.05, 4.69) is 152 Å². The second-order valence-electron chi connectivity index (χ2n) is 12.2. The number of rotatable bonds is 6. The standard InChI is InChI=1S/C46H30N2O/c1-3-12-31(13-4-1)33-24-26-34(27-25-33)35-16-9-18-37(28-35)38-19-11-21-40(30-38)45-47-44(43-41-22-7-8-23-42(41)49-46(43)48-45)39-20-10-17-36(29-39)32-14-5-2-6-15-32/h1-30H. The monoisotopic (exact) mass is 626 g/mol. The number of nitrogens with zero attached hydrogens (tertiary/aromatic N) is 2. The van der Waals surface area contributed by atoms with E-state index in [4.69, 9.17) is 14.4 Å². The SMILES string of the molecule is c1ccc(-c2ccc(-c3cccc(-c4cccc(-c5nc(-c6cccc(-c7ccccc7)c6)c6c(n5)oc5ccccc56)c4)c3)cc2)cc1. The first kappa shape index (κ1) is 28.6. The first-order chi connectivity index (χ1) is 24.3. The van der Waals surface area contributed by atoms with Crippen molar-refractivity contribution >= 4 is 22.1 Å². The molecule has 0 aliphatic rings.